The van der Waals surface area contributed by atoms with Crippen LogP contribution >= 0.6 is 0 Å². The maximum Gasteiger partial charge on any atom is 0.252 e. The summed E-state index contributed by atoms with van der Waals surface area (Å²) in [5.74, 6) is -0.366. The van der Waals surface area contributed by atoms with Gasteiger partial charge in [0, 0.05) is 17.3 Å². The van der Waals surface area contributed by atoms with Crippen LogP contribution in [0.1, 0.15) is 23.7 Å². The lowest BCUT2D eigenvalue weighted by Crippen LogP contribution is -2.14. The van der Waals surface area contributed by atoms with Gasteiger partial charge in [-0.1, -0.05) is 25.1 Å². The Kier molecular flexibility index (Phi) is 2.82. The number of rotatable bonds is 3. The minimum Gasteiger partial charge on any atom is -0.383 e. The number of anilines is 1. The standard InChI is InChI=1S/C15H16N4O/c1-2-7-19-12-6-4-3-5-9(12)10-8-11(14(17)20)13(16)18-15(10)19/h3-6,8H,2,7H2,1H3,(H2,16,18)(H2,17,20). The summed E-state index contributed by atoms with van der Waals surface area (Å²) in [5, 5.41) is 1.98. The van der Waals surface area contributed by atoms with Crippen molar-refractivity contribution in [3.8, 4) is 0 Å². The van der Waals surface area contributed by atoms with Gasteiger partial charge in [-0.2, -0.15) is 0 Å². The maximum atomic E-state index is 11.4. The quantitative estimate of drug-likeness (QED) is 0.764. The first-order valence-corrected chi connectivity index (χ1v) is 6.60. The van der Waals surface area contributed by atoms with Crippen molar-refractivity contribution in [1.82, 2.24) is 9.55 Å². The average molecular weight is 268 g/mol. The Bertz CT molecular complexity index is 819. The first kappa shape index (κ1) is 12.5. The van der Waals surface area contributed by atoms with E-state index in [9.17, 15) is 4.79 Å². The molecule has 4 N–H and O–H groups in total. The molecule has 3 rings (SSSR count). The summed E-state index contributed by atoms with van der Waals surface area (Å²) >= 11 is 0. The molecular formula is C15H16N4O. The summed E-state index contributed by atoms with van der Waals surface area (Å²) in [5.41, 5.74) is 13.4. The molecule has 2 aromatic heterocycles. The molecule has 0 saturated carbocycles. The third kappa shape index (κ3) is 1.71. The number of fused-ring (bicyclic) bond motifs is 3. The molecule has 1 aromatic carbocycles. The number of hydrogen-bond acceptors (Lipinski definition) is 3. The zero-order valence-corrected chi connectivity index (χ0v) is 11.3. The highest BCUT2D eigenvalue weighted by Gasteiger charge is 2.15. The van der Waals surface area contributed by atoms with Gasteiger partial charge in [-0.15, -0.1) is 0 Å². The highest BCUT2D eigenvalue weighted by atomic mass is 16.1. The Hall–Kier alpha value is -2.56. The fourth-order valence-electron chi connectivity index (χ4n) is 2.62. The number of nitrogens with zero attached hydrogens (tertiary/aromatic N) is 2. The largest absolute Gasteiger partial charge is 0.383 e. The predicted molar refractivity (Wildman–Crippen MR) is 80.5 cm³/mol. The molecule has 20 heavy (non-hydrogen) atoms. The Labute approximate surface area is 116 Å². The summed E-state index contributed by atoms with van der Waals surface area (Å²) in [6.45, 7) is 2.97. The minimum absolute atomic E-state index is 0.185. The lowest BCUT2D eigenvalue weighted by atomic mass is 10.1. The molecule has 0 aliphatic heterocycles. The summed E-state index contributed by atoms with van der Waals surface area (Å²) < 4.78 is 2.13. The highest BCUT2D eigenvalue weighted by Crippen LogP contribution is 2.30. The van der Waals surface area contributed by atoms with Crippen LogP contribution < -0.4 is 11.5 Å². The number of amides is 1. The molecule has 0 bridgehead atoms. The van der Waals surface area contributed by atoms with E-state index in [2.05, 4.69) is 16.5 Å². The van der Waals surface area contributed by atoms with E-state index in [1.54, 1.807) is 6.07 Å². The molecule has 5 heteroatoms. The van der Waals surface area contributed by atoms with E-state index in [0.717, 1.165) is 34.9 Å². The molecule has 0 aliphatic carbocycles. The van der Waals surface area contributed by atoms with Gasteiger partial charge in [0.15, 0.2) is 0 Å². The second-order valence-corrected chi connectivity index (χ2v) is 4.83. The summed E-state index contributed by atoms with van der Waals surface area (Å²) in [6, 6.07) is 9.78. The molecule has 0 spiro atoms. The predicted octanol–water partition coefficient (Wildman–Crippen LogP) is 2.28. The summed E-state index contributed by atoms with van der Waals surface area (Å²) in [4.78, 5) is 15.8. The number of benzene rings is 1. The number of hydrogen-bond donors (Lipinski definition) is 2. The number of pyridine rings is 1. The van der Waals surface area contributed by atoms with Gasteiger partial charge >= 0.3 is 0 Å². The zero-order chi connectivity index (χ0) is 14.3. The first-order chi connectivity index (χ1) is 9.63. The van der Waals surface area contributed by atoms with Crippen LogP contribution in [-0.4, -0.2) is 15.5 Å². The molecule has 0 fully saturated rings. The average Bonchev–Trinajstić information content (AvgIpc) is 2.72. The van der Waals surface area contributed by atoms with Gasteiger partial charge in [-0.05, 0) is 18.6 Å². The monoisotopic (exact) mass is 268 g/mol. The molecule has 0 aliphatic rings. The number of carbonyl (C=O) groups is 1. The van der Waals surface area contributed by atoms with Crippen molar-refractivity contribution in [1.29, 1.82) is 0 Å². The molecule has 5 nitrogen and oxygen atoms in total. The molecule has 1 amide bonds. The van der Waals surface area contributed by atoms with Crippen LogP contribution in [0.2, 0.25) is 0 Å². The normalized spacial score (nSPS) is 11.2. The van der Waals surface area contributed by atoms with Crippen molar-refractivity contribution in [3.63, 3.8) is 0 Å². The van der Waals surface area contributed by atoms with Crippen molar-refractivity contribution in [3.05, 3.63) is 35.9 Å². The van der Waals surface area contributed by atoms with Crippen LogP contribution in [-0.2, 0) is 6.54 Å². The fourth-order valence-corrected chi connectivity index (χ4v) is 2.62. The van der Waals surface area contributed by atoms with Crippen molar-refractivity contribution >= 4 is 33.7 Å². The number of aromatic nitrogens is 2. The van der Waals surface area contributed by atoms with Crippen LogP contribution in [0.4, 0.5) is 5.82 Å². The Balaban J connectivity index is 2.46. The van der Waals surface area contributed by atoms with Crippen LogP contribution in [0.15, 0.2) is 30.3 Å². The van der Waals surface area contributed by atoms with Gasteiger partial charge in [0.05, 0.1) is 11.1 Å². The van der Waals surface area contributed by atoms with E-state index in [-0.39, 0.29) is 11.4 Å². The molecule has 102 valence electrons. The second-order valence-electron chi connectivity index (χ2n) is 4.83. The maximum absolute atomic E-state index is 11.4. The number of nitrogen functional groups attached to an aromatic ring is 1. The Morgan fingerprint density at radius 1 is 1.30 bits per heavy atom. The second kappa shape index (κ2) is 4.52. The van der Waals surface area contributed by atoms with Crippen LogP contribution in [0.3, 0.4) is 0 Å². The van der Waals surface area contributed by atoms with Crippen LogP contribution in [0.5, 0.6) is 0 Å². The van der Waals surface area contributed by atoms with Crippen LogP contribution in [0, 0.1) is 0 Å². The van der Waals surface area contributed by atoms with Crippen molar-refractivity contribution in [2.45, 2.75) is 19.9 Å². The van der Waals surface area contributed by atoms with Crippen molar-refractivity contribution in [2.75, 3.05) is 5.73 Å². The number of aryl methyl sites for hydroxylation is 1. The third-order valence-electron chi connectivity index (χ3n) is 3.49. The molecule has 2 heterocycles. The number of primary amides is 1. The van der Waals surface area contributed by atoms with Crippen molar-refractivity contribution in [2.24, 2.45) is 5.73 Å². The van der Waals surface area contributed by atoms with E-state index in [0.29, 0.717) is 0 Å². The lowest BCUT2D eigenvalue weighted by Gasteiger charge is -2.06. The summed E-state index contributed by atoms with van der Waals surface area (Å²) in [6.07, 6.45) is 0.993. The van der Waals surface area contributed by atoms with E-state index in [1.807, 2.05) is 24.3 Å². The molecule has 0 radical (unpaired) electrons. The molecule has 0 atom stereocenters. The van der Waals surface area contributed by atoms with Crippen LogP contribution in [0.25, 0.3) is 21.9 Å². The number of para-hydroxylation sites is 1. The van der Waals surface area contributed by atoms with Gasteiger partial charge in [0.2, 0.25) is 0 Å². The fraction of sp³-hybridized carbons (Fsp3) is 0.200. The zero-order valence-electron chi connectivity index (χ0n) is 11.3. The highest BCUT2D eigenvalue weighted by molar-refractivity contribution is 6.10. The van der Waals surface area contributed by atoms with Gasteiger partial charge in [-0.3, -0.25) is 4.79 Å². The van der Waals surface area contributed by atoms with Crippen molar-refractivity contribution < 1.29 is 4.79 Å². The first-order valence-electron chi connectivity index (χ1n) is 6.60. The van der Waals surface area contributed by atoms with Gasteiger partial charge in [0.25, 0.3) is 5.91 Å². The molecular weight excluding hydrogens is 252 g/mol. The summed E-state index contributed by atoms with van der Waals surface area (Å²) in [7, 11) is 0. The van der Waals surface area contributed by atoms with E-state index < -0.39 is 5.91 Å². The number of carbonyl (C=O) groups excluding carboxylic acids is 1. The van der Waals surface area contributed by atoms with Gasteiger partial charge in [-0.25, -0.2) is 4.98 Å². The molecule has 0 unspecified atom stereocenters. The topological polar surface area (TPSA) is 86.9 Å². The van der Waals surface area contributed by atoms with E-state index >= 15 is 0 Å². The van der Waals surface area contributed by atoms with E-state index in [1.165, 1.54) is 0 Å². The minimum atomic E-state index is -0.552. The van der Waals surface area contributed by atoms with E-state index in [4.69, 9.17) is 11.5 Å². The smallest absolute Gasteiger partial charge is 0.252 e. The SMILES string of the molecule is CCCn1c2ccccc2c2cc(C(N)=O)c(N)nc21. The molecule has 3 aromatic rings. The Morgan fingerprint density at radius 2 is 2.05 bits per heavy atom. The number of nitrogens with two attached hydrogens (primary N) is 2. The molecule has 0 saturated heterocycles. The third-order valence-corrected chi connectivity index (χ3v) is 3.49. The lowest BCUT2D eigenvalue weighted by molar-refractivity contribution is 0.100. The Morgan fingerprint density at radius 3 is 2.75 bits per heavy atom. The van der Waals surface area contributed by atoms with Gasteiger partial charge in [0.1, 0.15) is 11.5 Å². The van der Waals surface area contributed by atoms with Gasteiger partial charge < -0.3 is 16.0 Å².